The Bertz CT molecular complexity index is 2520. The lowest BCUT2D eigenvalue weighted by molar-refractivity contribution is -0.120. The zero-order chi connectivity index (χ0) is 43.1. The lowest BCUT2D eigenvalue weighted by Gasteiger charge is -2.41. The molecule has 4 aliphatic rings. The van der Waals surface area contributed by atoms with Crippen LogP contribution in [-0.2, 0) is 9.53 Å². The number of phenols is 1. The van der Waals surface area contributed by atoms with Crippen LogP contribution in [0.2, 0.25) is 0 Å². The number of piperidine rings is 2. The van der Waals surface area contributed by atoms with Crippen LogP contribution < -0.4 is 25.6 Å². The number of anilines is 3. The molecule has 3 aromatic heterocycles. The average Bonchev–Trinajstić information content (AvgIpc) is 3.71. The van der Waals surface area contributed by atoms with Gasteiger partial charge in [0, 0.05) is 95.0 Å². The predicted molar refractivity (Wildman–Crippen MR) is 231 cm³/mol. The molecule has 324 valence electrons. The third-order valence-corrected chi connectivity index (χ3v) is 12.9. The first kappa shape index (κ1) is 41.0. The monoisotopic (exact) mass is 846 g/mol. The number of pyridine rings is 1. The molecule has 9 rings (SSSR count). The Balaban J connectivity index is 0.784. The number of methoxy groups -OCH3 is 1. The number of halogens is 1. The van der Waals surface area contributed by atoms with E-state index in [1.807, 2.05) is 49.5 Å². The molecule has 4 saturated heterocycles. The molecule has 1 atom stereocenters. The number of urea groups is 1. The van der Waals surface area contributed by atoms with Crippen molar-refractivity contribution in [2.75, 3.05) is 81.6 Å². The number of aromatic nitrogens is 4. The topological polar surface area (TPSA) is 185 Å². The third kappa shape index (κ3) is 7.97. The number of hydrogen-bond acceptors (Lipinski definition) is 12. The van der Waals surface area contributed by atoms with Crippen LogP contribution in [-0.4, -0.2) is 124 Å². The van der Waals surface area contributed by atoms with Gasteiger partial charge in [0.05, 0.1) is 36.7 Å². The molecule has 4 fully saturated rings. The van der Waals surface area contributed by atoms with Gasteiger partial charge in [-0.2, -0.15) is 0 Å². The number of amides is 4. The molecule has 7 heterocycles. The van der Waals surface area contributed by atoms with Gasteiger partial charge in [-0.25, -0.2) is 14.2 Å². The summed E-state index contributed by atoms with van der Waals surface area (Å²) < 4.78 is 30.6. The number of phenolic OH excluding ortho intramolecular Hbond substituents is 1. The Kier molecular flexibility index (Phi) is 11.2. The van der Waals surface area contributed by atoms with Crippen LogP contribution in [0.1, 0.15) is 65.7 Å². The molecule has 62 heavy (non-hydrogen) atoms. The number of hydrogen-bond donors (Lipinski definition) is 3. The molecule has 0 spiro atoms. The maximum Gasteiger partial charge on any atom is 0.328 e. The summed E-state index contributed by atoms with van der Waals surface area (Å²) in [4.78, 5) is 50.3. The van der Waals surface area contributed by atoms with E-state index in [9.17, 15) is 19.5 Å². The standard InChI is InChI=1S/C45H51FN10O6/c1-28-23-29(7-8-31(28)38-26-54(21-22-62-38)35-24-34(50-51-41(35)47)32-5-3-4-6-37(32)57)43(59)53-19-13-45(46,14-20-53)27-52-15-9-30(10-16-52)55-17-11-33-40(61-2)36(25-48-42(33)55)56-18-12-39(58)49-44(56)60/h3-8,11,17,23-25,30,38,57H,9-10,12-16,18-22,26-27H2,1-2H3,(H2,47,51)(H,49,58,60)/t38-/m1/s1. The molecule has 17 heteroatoms. The van der Waals surface area contributed by atoms with E-state index >= 15 is 4.39 Å². The number of nitrogen functional groups attached to an aromatic ring is 1. The fourth-order valence-corrected chi connectivity index (χ4v) is 9.47. The number of nitrogens with zero attached hydrogens (tertiary/aromatic N) is 8. The molecule has 4 N–H and O–H groups in total. The lowest BCUT2D eigenvalue weighted by atomic mass is 9.91. The zero-order valence-corrected chi connectivity index (χ0v) is 34.9. The van der Waals surface area contributed by atoms with Gasteiger partial charge in [-0.05, 0) is 67.3 Å². The Morgan fingerprint density at radius 1 is 1.02 bits per heavy atom. The highest BCUT2D eigenvalue weighted by Crippen LogP contribution is 2.39. The number of ether oxygens (including phenoxy) is 2. The van der Waals surface area contributed by atoms with Crippen molar-refractivity contribution in [3.63, 3.8) is 0 Å². The average molecular weight is 847 g/mol. The highest BCUT2D eigenvalue weighted by atomic mass is 19.1. The lowest BCUT2D eigenvalue weighted by Crippen LogP contribution is -2.51. The van der Waals surface area contributed by atoms with Gasteiger partial charge in [-0.3, -0.25) is 19.8 Å². The molecular formula is C45H51FN10O6. The molecular weight excluding hydrogens is 796 g/mol. The second-order valence-electron chi connectivity index (χ2n) is 16.7. The molecule has 0 aliphatic carbocycles. The van der Waals surface area contributed by atoms with Crippen molar-refractivity contribution in [1.29, 1.82) is 0 Å². The van der Waals surface area contributed by atoms with E-state index in [-0.39, 0.29) is 61.3 Å². The van der Waals surface area contributed by atoms with E-state index in [1.54, 1.807) is 36.4 Å². The molecule has 4 aliphatic heterocycles. The van der Waals surface area contributed by atoms with Crippen molar-refractivity contribution >= 4 is 46.1 Å². The fraction of sp³-hybridized carbons (Fsp3) is 0.422. The number of aryl methyl sites for hydroxylation is 1. The van der Waals surface area contributed by atoms with Gasteiger partial charge in [0.2, 0.25) is 5.91 Å². The Morgan fingerprint density at radius 2 is 1.81 bits per heavy atom. The normalized spacial score (nSPS) is 20.1. The fourth-order valence-electron chi connectivity index (χ4n) is 9.47. The first-order valence-corrected chi connectivity index (χ1v) is 21.2. The molecule has 0 bridgehead atoms. The van der Waals surface area contributed by atoms with Gasteiger partial charge < -0.3 is 39.6 Å². The minimum absolute atomic E-state index is 0.105. The summed E-state index contributed by atoms with van der Waals surface area (Å²) in [5, 5.41) is 21.9. The number of imide groups is 1. The van der Waals surface area contributed by atoms with Crippen molar-refractivity contribution in [1.82, 2.24) is 34.9 Å². The number of benzene rings is 2. The number of rotatable bonds is 9. The highest BCUT2D eigenvalue weighted by Gasteiger charge is 2.39. The number of alkyl halides is 1. The second-order valence-corrected chi connectivity index (χ2v) is 16.7. The van der Waals surface area contributed by atoms with Gasteiger partial charge >= 0.3 is 6.03 Å². The van der Waals surface area contributed by atoms with Crippen LogP contribution in [0.4, 0.5) is 26.4 Å². The van der Waals surface area contributed by atoms with Crippen LogP contribution in [0.5, 0.6) is 11.5 Å². The number of carbonyl (C=O) groups excluding carboxylic acids is 3. The maximum absolute atomic E-state index is 16.4. The van der Waals surface area contributed by atoms with E-state index < -0.39 is 11.7 Å². The maximum atomic E-state index is 16.4. The number of fused-ring (bicyclic) bond motifs is 1. The van der Waals surface area contributed by atoms with Gasteiger partial charge in [0.25, 0.3) is 5.91 Å². The minimum atomic E-state index is -1.39. The Morgan fingerprint density at radius 3 is 2.55 bits per heavy atom. The van der Waals surface area contributed by atoms with E-state index in [4.69, 9.17) is 20.2 Å². The van der Waals surface area contributed by atoms with Gasteiger partial charge in [0.15, 0.2) is 11.6 Å². The number of nitrogens with two attached hydrogens (primary N) is 1. The SMILES string of the molecule is COc1c(N2CCC(=O)NC2=O)cnc2c1ccn2C1CCN(CC2(F)CCN(C(=O)c3ccc([C@H]4CN(c5cc(-c6ccccc6O)nnc5N)CCO4)c(C)c3)CC2)CC1. The number of aromatic hydroxyl groups is 1. The van der Waals surface area contributed by atoms with Crippen LogP contribution in [0.25, 0.3) is 22.3 Å². The molecule has 5 aromatic rings. The van der Waals surface area contributed by atoms with Crippen molar-refractivity contribution in [2.24, 2.45) is 0 Å². The number of carbonyl (C=O) groups is 3. The number of morpholine rings is 1. The molecule has 4 amide bonds. The number of nitrogens with one attached hydrogen (secondary N) is 1. The third-order valence-electron chi connectivity index (χ3n) is 12.9. The van der Waals surface area contributed by atoms with Crippen LogP contribution in [0.3, 0.4) is 0 Å². The van der Waals surface area contributed by atoms with Crippen LogP contribution in [0.15, 0.2) is 67.0 Å². The van der Waals surface area contributed by atoms with Crippen LogP contribution in [0, 0.1) is 6.92 Å². The van der Waals surface area contributed by atoms with Crippen molar-refractivity contribution < 1.29 is 33.4 Å². The summed E-state index contributed by atoms with van der Waals surface area (Å²) in [6.07, 6.45) is 5.73. The van der Waals surface area contributed by atoms with Gasteiger partial charge in [-0.15, -0.1) is 10.2 Å². The summed E-state index contributed by atoms with van der Waals surface area (Å²) in [5.74, 6) is 0.516. The van der Waals surface area contributed by atoms with Crippen molar-refractivity contribution in [2.45, 2.75) is 56.8 Å². The summed E-state index contributed by atoms with van der Waals surface area (Å²) in [6, 6.07) is 16.1. The smallest absolute Gasteiger partial charge is 0.328 e. The summed E-state index contributed by atoms with van der Waals surface area (Å²) in [5.41, 5.74) is 10.4. The highest BCUT2D eigenvalue weighted by molar-refractivity contribution is 6.07. The van der Waals surface area contributed by atoms with E-state index in [2.05, 4.69) is 29.9 Å². The van der Waals surface area contributed by atoms with E-state index in [1.165, 1.54) is 4.90 Å². The molecule has 16 nitrogen and oxygen atoms in total. The minimum Gasteiger partial charge on any atom is -0.507 e. The molecule has 2 aromatic carbocycles. The number of likely N-dealkylation sites (tertiary alicyclic amines) is 2. The molecule has 0 unspecified atom stereocenters. The van der Waals surface area contributed by atoms with Crippen LogP contribution >= 0.6 is 0 Å². The van der Waals surface area contributed by atoms with E-state index in [0.29, 0.717) is 73.3 Å². The number of para-hydroxylation sites is 1. The Hall–Kier alpha value is -6.33. The summed E-state index contributed by atoms with van der Waals surface area (Å²) in [6.45, 7) is 6.27. The first-order valence-electron chi connectivity index (χ1n) is 21.2. The summed E-state index contributed by atoms with van der Waals surface area (Å²) >= 11 is 0. The van der Waals surface area contributed by atoms with Gasteiger partial charge in [0.1, 0.15) is 28.9 Å². The quantitative estimate of drug-likeness (QED) is 0.172. The zero-order valence-electron chi connectivity index (χ0n) is 34.9. The van der Waals surface area contributed by atoms with E-state index in [0.717, 1.165) is 48.1 Å². The molecule has 0 radical (unpaired) electrons. The Labute approximate surface area is 358 Å². The van der Waals surface area contributed by atoms with Crippen molar-refractivity contribution in [3.05, 3.63) is 83.7 Å². The second kappa shape index (κ2) is 16.9. The first-order chi connectivity index (χ1) is 30.0. The largest absolute Gasteiger partial charge is 0.507 e. The molecule has 0 saturated carbocycles. The predicted octanol–water partition coefficient (Wildman–Crippen LogP) is 5.40. The summed E-state index contributed by atoms with van der Waals surface area (Å²) in [7, 11) is 1.56. The van der Waals surface area contributed by atoms with Gasteiger partial charge in [-0.1, -0.05) is 18.2 Å². The van der Waals surface area contributed by atoms with Crippen molar-refractivity contribution in [3.8, 4) is 22.8 Å².